The zero-order chi connectivity index (χ0) is 18.2. The zero-order valence-electron chi connectivity index (χ0n) is 13.8. The highest BCUT2D eigenvalue weighted by Crippen LogP contribution is 2.31. The molecule has 3 rings (SSSR count). The molecule has 1 unspecified atom stereocenters. The highest BCUT2D eigenvalue weighted by molar-refractivity contribution is 7.90. The molecule has 0 fully saturated rings. The average Bonchev–Trinajstić information content (AvgIpc) is 2.65. The third kappa shape index (κ3) is 3.75. The maximum absolute atomic E-state index is 12.8. The first-order valence-corrected chi connectivity index (χ1v) is 10.1. The fourth-order valence-electron chi connectivity index (χ4n) is 2.79. The number of aliphatic imine (C=N–C) groups is 1. The van der Waals surface area contributed by atoms with Gasteiger partial charge in [-0.3, -0.25) is 14.7 Å². The van der Waals surface area contributed by atoms with Crippen molar-refractivity contribution < 1.29 is 13.2 Å². The average molecular weight is 377 g/mol. The fourth-order valence-corrected chi connectivity index (χ4v) is 3.70. The molecule has 7 heteroatoms. The van der Waals surface area contributed by atoms with Gasteiger partial charge in [0.1, 0.15) is 11.9 Å². The van der Waals surface area contributed by atoms with Crippen molar-refractivity contribution in [1.82, 2.24) is 0 Å². The second kappa shape index (κ2) is 6.61. The Morgan fingerprint density at radius 1 is 1.16 bits per heavy atom. The van der Waals surface area contributed by atoms with Gasteiger partial charge in [-0.2, -0.15) is 0 Å². The Morgan fingerprint density at radius 3 is 2.48 bits per heavy atom. The Kier molecular flexibility index (Phi) is 4.67. The van der Waals surface area contributed by atoms with Crippen molar-refractivity contribution in [1.29, 1.82) is 0 Å². The summed E-state index contributed by atoms with van der Waals surface area (Å²) in [6, 6.07) is 13.8. The number of sulfone groups is 1. The zero-order valence-corrected chi connectivity index (χ0v) is 15.4. The molecule has 0 spiro atoms. The van der Waals surface area contributed by atoms with Crippen LogP contribution in [0.2, 0.25) is 5.02 Å². The number of rotatable bonds is 3. The highest BCUT2D eigenvalue weighted by Gasteiger charge is 2.31. The molecule has 1 heterocycles. The molecule has 0 saturated heterocycles. The molecule has 5 nitrogen and oxygen atoms in total. The Labute approximate surface area is 151 Å². The molecule has 0 aromatic heterocycles. The minimum absolute atomic E-state index is 0.361. The van der Waals surface area contributed by atoms with Gasteiger partial charge in [0, 0.05) is 22.4 Å². The summed E-state index contributed by atoms with van der Waals surface area (Å²) >= 11 is 6.16. The standard InChI is InChI=1S/C18H17ClN2O3S/c1-12-18(22)21(11-25(2,23)24)16-9-8-14(19)10-15(16)17(20-12)13-6-4-3-5-7-13/h3-10,12H,11H2,1-2H3. The van der Waals surface area contributed by atoms with Gasteiger partial charge < -0.3 is 0 Å². The van der Waals surface area contributed by atoms with Crippen molar-refractivity contribution >= 4 is 38.7 Å². The van der Waals surface area contributed by atoms with Crippen LogP contribution in [0, 0.1) is 0 Å². The van der Waals surface area contributed by atoms with E-state index in [0.29, 0.717) is 22.0 Å². The molecule has 0 N–H and O–H groups in total. The van der Waals surface area contributed by atoms with Crippen molar-refractivity contribution in [2.75, 3.05) is 17.0 Å². The number of carbonyl (C=O) groups is 1. The van der Waals surface area contributed by atoms with Gasteiger partial charge in [0.05, 0.1) is 11.4 Å². The largest absolute Gasteiger partial charge is 0.295 e. The fraction of sp³-hybridized carbons (Fsp3) is 0.222. The number of nitrogens with zero attached hydrogens (tertiary/aromatic N) is 2. The Morgan fingerprint density at radius 2 is 1.84 bits per heavy atom. The number of carbonyl (C=O) groups excluding carboxylic acids is 1. The third-order valence-corrected chi connectivity index (χ3v) is 4.82. The number of halogens is 1. The first-order chi connectivity index (χ1) is 11.8. The number of hydrogen-bond acceptors (Lipinski definition) is 4. The van der Waals surface area contributed by atoms with Crippen LogP contribution in [0.25, 0.3) is 0 Å². The van der Waals surface area contributed by atoms with Gasteiger partial charge in [-0.1, -0.05) is 41.9 Å². The van der Waals surface area contributed by atoms with Crippen molar-refractivity contribution in [2.24, 2.45) is 4.99 Å². The monoisotopic (exact) mass is 376 g/mol. The smallest absolute Gasteiger partial charge is 0.252 e. The second-order valence-corrected chi connectivity index (χ2v) is 8.55. The van der Waals surface area contributed by atoms with Crippen LogP contribution in [0.1, 0.15) is 18.1 Å². The molecule has 0 aliphatic carbocycles. The summed E-state index contributed by atoms with van der Waals surface area (Å²) in [6.45, 7) is 1.66. The SMILES string of the molecule is CC1N=C(c2ccccc2)c2cc(Cl)ccc2N(CS(C)(=O)=O)C1=O. The van der Waals surface area contributed by atoms with Crippen LogP contribution in [-0.4, -0.2) is 38.2 Å². The summed E-state index contributed by atoms with van der Waals surface area (Å²) in [5, 5.41) is 0.490. The molecule has 2 aromatic rings. The predicted molar refractivity (Wildman–Crippen MR) is 100 cm³/mol. The lowest BCUT2D eigenvalue weighted by molar-refractivity contribution is -0.119. The maximum atomic E-state index is 12.8. The first-order valence-electron chi connectivity index (χ1n) is 7.68. The lowest BCUT2D eigenvalue weighted by Crippen LogP contribution is -2.40. The number of benzene rings is 2. The van der Waals surface area contributed by atoms with Crippen LogP contribution in [0.4, 0.5) is 5.69 Å². The topological polar surface area (TPSA) is 66.8 Å². The van der Waals surface area contributed by atoms with E-state index in [2.05, 4.69) is 4.99 Å². The van der Waals surface area contributed by atoms with Crippen molar-refractivity contribution in [2.45, 2.75) is 13.0 Å². The van der Waals surface area contributed by atoms with E-state index in [4.69, 9.17) is 11.6 Å². The lowest BCUT2D eigenvalue weighted by atomic mass is 10.0. The van der Waals surface area contributed by atoms with E-state index in [1.165, 1.54) is 4.90 Å². The van der Waals surface area contributed by atoms with E-state index in [-0.39, 0.29) is 5.91 Å². The molecular formula is C18H17ClN2O3S. The normalized spacial score (nSPS) is 17.7. The van der Waals surface area contributed by atoms with E-state index in [1.807, 2.05) is 30.3 Å². The van der Waals surface area contributed by atoms with Crippen LogP contribution in [-0.2, 0) is 14.6 Å². The van der Waals surface area contributed by atoms with E-state index >= 15 is 0 Å². The Hall–Kier alpha value is -2.18. The van der Waals surface area contributed by atoms with Crippen LogP contribution >= 0.6 is 11.6 Å². The number of hydrogen-bond donors (Lipinski definition) is 0. The molecular weight excluding hydrogens is 360 g/mol. The van der Waals surface area contributed by atoms with E-state index in [1.54, 1.807) is 25.1 Å². The van der Waals surface area contributed by atoms with Crippen molar-refractivity contribution in [3.05, 3.63) is 64.7 Å². The molecule has 130 valence electrons. The van der Waals surface area contributed by atoms with E-state index in [9.17, 15) is 13.2 Å². The summed E-state index contributed by atoms with van der Waals surface area (Å²) in [5.74, 6) is -0.762. The van der Waals surface area contributed by atoms with Gasteiger partial charge in [-0.25, -0.2) is 8.42 Å². The molecule has 1 aliphatic heterocycles. The molecule has 0 saturated carbocycles. The lowest BCUT2D eigenvalue weighted by Gasteiger charge is -2.23. The van der Waals surface area contributed by atoms with Crippen molar-refractivity contribution in [3.8, 4) is 0 Å². The van der Waals surface area contributed by atoms with Crippen LogP contribution in [0.5, 0.6) is 0 Å². The van der Waals surface area contributed by atoms with Crippen molar-refractivity contribution in [3.63, 3.8) is 0 Å². The summed E-state index contributed by atoms with van der Waals surface area (Å²) in [5.41, 5.74) is 2.59. The third-order valence-electron chi connectivity index (χ3n) is 3.86. The van der Waals surface area contributed by atoms with Gasteiger partial charge in [0.2, 0.25) is 0 Å². The Bertz CT molecular complexity index is 956. The maximum Gasteiger partial charge on any atom is 0.252 e. The van der Waals surface area contributed by atoms with Gasteiger partial charge in [-0.15, -0.1) is 0 Å². The van der Waals surface area contributed by atoms with Crippen LogP contribution in [0.3, 0.4) is 0 Å². The Balaban J connectivity index is 2.25. The molecule has 0 bridgehead atoms. The predicted octanol–water partition coefficient (Wildman–Crippen LogP) is 2.91. The van der Waals surface area contributed by atoms with E-state index in [0.717, 1.165) is 11.8 Å². The molecule has 2 aromatic carbocycles. The molecule has 1 atom stereocenters. The van der Waals surface area contributed by atoms with Gasteiger partial charge in [-0.05, 0) is 25.1 Å². The quantitative estimate of drug-likeness (QED) is 0.827. The summed E-state index contributed by atoms with van der Waals surface area (Å²) < 4.78 is 23.7. The van der Waals surface area contributed by atoms with Crippen LogP contribution < -0.4 is 4.90 Å². The minimum atomic E-state index is -3.41. The number of amides is 1. The molecule has 1 aliphatic rings. The van der Waals surface area contributed by atoms with Gasteiger partial charge in [0.25, 0.3) is 5.91 Å². The van der Waals surface area contributed by atoms with Crippen LogP contribution in [0.15, 0.2) is 53.5 Å². The molecule has 0 radical (unpaired) electrons. The number of fused-ring (bicyclic) bond motifs is 1. The van der Waals surface area contributed by atoms with E-state index < -0.39 is 21.8 Å². The van der Waals surface area contributed by atoms with Gasteiger partial charge >= 0.3 is 0 Å². The molecule has 25 heavy (non-hydrogen) atoms. The highest BCUT2D eigenvalue weighted by atomic mass is 35.5. The second-order valence-electron chi connectivity index (χ2n) is 6.00. The number of anilines is 1. The summed E-state index contributed by atoms with van der Waals surface area (Å²) in [7, 11) is -3.41. The first kappa shape index (κ1) is 17.6. The summed E-state index contributed by atoms with van der Waals surface area (Å²) in [4.78, 5) is 18.6. The summed E-state index contributed by atoms with van der Waals surface area (Å²) in [6.07, 6.45) is 1.10. The van der Waals surface area contributed by atoms with Gasteiger partial charge in [0.15, 0.2) is 9.84 Å². The number of benzodiazepines with no additional fused rings is 1. The molecule has 1 amide bonds. The minimum Gasteiger partial charge on any atom is -0.295 e.